The Hall–Kier alpha value is -3.85. The highest BCUT2D eigenvalue weighted by Gasteiger charge is 2.25. The number of nitrogens with one attached hydrogen (secondary N) is 1. The quantitative estimate of drug-likeness (QED) is 0.298. The van der Waals surface area contributed by atoms with Crippen LogP contribution in [0.3, 0.4) is 0 Å². The molecule has 1 N–H and O–H groups in total. The van der Waals surface area contributed by atoms with Crippen LogP contribution in [-0.4, -0.2) is 33.9 Å². The van der Waals surface area contributed by atoms with Gasteiger partial charge in [0.25, 0.3) is 11.6 Å². The lowest BCUT2D eigenvalue weighted by Crippen LogP contribution is -2.30. The van der Waals surface area contributed by atoms with Gasteiger partial charge >= 0.3 is 5.97 Å². The van der Waals surface area contributed by atoms with Crippen LogP contribution >= 0.6 is 11.3 Å². The molecule has 1 atom stereocenters. The Bertz CT molecular complexity index is 1440. The van der Waals surface area contributed by atoms with Crippen molar-refractivity contribution < 1.29 is 23.6 Å². The number of thiophene rings is 1. The number of carbonyl (C=O) groups excluding carboxylic acids is 3. The van der Waals surface area contributed by atoms with E-state index in [1.54, 1.807) is 48.6 Å². The summed E-state index contributed by atoms with van der Waals surface area (Å²) in [6, 6.07) is 10.2. The SMILES string of the molecule is CC(=O)c1cccc(NC(=O)C(C)OC(=O)c2cc(-c3cc(C)sc3C)nc3onc(C)c23)c1. The second kappa shape index (κ2) is 9.18. The summed E-state index contributed by atoms with van der Waals surface area (Å²) in [7, 11) is 0. The third kappa shape index (κ3) is 4.60. The maximum atomic E-state index is 13.2. The molecule has 0 saturated carbocycles. The number of anilines is 1. The van der Waals surface area contributed by atoms with Gasteiger partial charge in [-0.3, -0.25) is 9.59 Å². The number of nitrogens with zero attached hydrogens (tertiary/aromatic N) is 2. The molecule has 0 saturated heterocycles. The topological polar surface area (TPSA) is 111 Å². The number of hydrogen-bond acceptors (Lipinski definition) is 8. The van der Waals surface area contributed by atoms with Gasteiger partial charge < -0.3 is 14.6 Å². The van der Waals surface area contributed by atoms with E-state index in [2.05, 4.69) is 15.5 Å². The third-order valence-electron chi connectivity index (χ3n) is 5.34. The van der Waals surface area contributed by atoms with Crippen LogP contribution in [0.2, 0.25) is 0 Å². The molecular weight excluding hydrogens is 454 g/mol. The third-order valence-corrected chi connectivity index (χ3v) is 6.31. The molecule has 34 heavy (non-hydrogen) atoms. The Balaban J connectivity index is 1.60. The van der Waals surface area contributed by atoms with E-state index < -0.39 is 18.0 Å². The van der Waals surface area contributed by atoms with E-state index >= 15 is 0 Å². The van der Waals surface area contributed by atoms with E-state index in [0.717, 1.165) is 15.3 Å². The van der Waals surface area contributed by atoms with Crippen molar-refractivity contribution in [2.45, 2.75) is 40.7 Å². The van der Waals surface area contributed by atoms with Crippen LogP contribution in [0.15, 0.2) is 40.9 Å². The molecule has 0 aliphatic heterocycles. The smallest absolute Gasteiger partial charge is 0.339 e. The number of ketones is 1. The predicted molar refractivity (Wildman–Crippen MR) is 129 cm³/mol. The highest BCUT2D eigenvalue weighted by atomic mass is 32.1. The largest absolute Gasteiger partial charge is 0.449 e. The van der Waals surface area contributed by atoms with Gasteiger partial charge in [0.05, 0.1) is 22.3 Å². The average Bonchev–Trinajstić information content (AvgIpc) is 3.34. The van der Waals surface area contributed by atoms with E-state index in [4.69, 9.17) is 9.26 Å². The van der Waals surface area contributed by atoms with Crippen molar-refractivity contribution >= 4 is 45.8 Å². The van der Waals surface area contributed by atoms with Gasteiger partial charge in [-0.1, -0.05) is 17.3 Å². The van der Waals surface area contributed by atoms with E-state index in [1.165, 1.54) is 13.8 Å². The van der Waals surface area contributed by atoms with Gasteiger partial charge in [-0.25, -0.2) is 9.78 Å². The van der Waals surface area contributed by atoms with Crippen molar-refractivity contribution in [1.29, 1.82) is 0 Å². The van der Waals surface area contributed by atoms with Crippen molar-refractivity contribution in [3.63, 3.8) is 0 Å². The van der Waals surface area contributed by atoms with Crippen LogP contribution in [0.25, 0.3) is 22.4 Å². The number of amides is 1. The molecular formula is C25H23N3O5S. The first-order valence-corrected chi connectivity index (χ1v) is 11.4. The first kappa shape index (κ1) is 23.3. The van der Waals surface area contributed by atoms with Gasteiger partial charge in [-0.15, -0.1) is 11.3 Å². The fraction of sp³-hybridized carbons (Fsp3) is 0.240. The fourth-order valence-electron chi connectivity index (χ4n) is 3.62. The van der Waals surface area contributed by atoms with E-state index in [1.807, 2.05) is 19.9 Å². The Morgan fingerprint density at radius 2 is 1.88 bits per heavy atom. The average molecular weight is 478 g/mol. The Labute approximate surface area is 199 Å². The Morgan fingerprint density at radius 3 is 2.56 bits per heavy atom. The van der Waals surface area contributed by atoms with E-state index in [0.29, 0.717) is 28.0 Å². The normalized spacial score (nSPS) is 11.9. The predicted octanol–water partition coefficient (Wildman–Crippen LogP) is 5.26. The van der Waals surface area contributed by atoms with E-state index in [-0.39, 0.29) is 17.1 Å². The van der Waals surface area contributed by atoms with Gasteiger partial charge in [-0.2, -0.15) is 0 Å². The lowest BCUT2D eigenvalue weighted by Gasteiger charge is -2.14. The molecule has 0 spiro atoms. The van der Waals surface area contributed by atoms with E-state index in [9.17, 15) is 14.4 Å². The number of benzene rings is 1. The standard InChI is InChI=1S/C25H23N3O5S/c1-12-9-19(16(5)34-12)21-11-20(22-13(2)28-33-24(22)27-21)25(31)32-15(4)23(30)26-18-8-6-7-17(10-18)14(3)29/h6-11,15H,1-5H3,(H,26,30). The maximum Gasteiger partial charge on any atom is 0.339 e. The number of ether oxygens (including phenoxy) is 1. The van der Waals surface area contributed by atoms with Crippen LogP contribution < -0.4 is 5.32 Å². The minimum atomic E-state index is -1.09. The van der Waals surface area contributed by atoms with Gasteiger partial charge in [0.1, 0.15) is 0 Å². The monoisotopic (exact) mass is 477 g/mol. The number of aryl methyl sites for hydroxylation is 3. The van der Waals surface area contributed by atoms with Crippen LogP contribution in [0, 0.1) is 20.8 Å². The molecule has 0 aliphatic carbocycles. The van der Waals surface area contributed by atoms with Crippen LogP contribution in [0.1, 0.15) is 50.0 Å². The summed E-state index contributed by atoms with van der Waals surface area (Å²) in [5.41, 5.74) is 3.31. The van der Waals surface area contributed by atoms with Crippen molar-refractivity contribution in [3.05, 3.63) is 63.0 Å². The number of Topliss-reactive ketones (excluding diaryl/α,β-unsaturated/α-hetero) is 1. The highest BCUT2D eigenvalue weighted by Crippen LogP contribution is 2.33. The molecule has 0 aliphatic rings. The van der Waals surface area contributed by atoms with Crippen LogP contribution in [-0.2, 0) is 9.53 Å². The summed E-state index contributed by atoms with van der Waals surface area (Å²) in [5, 5.41) is 7.06. The van der Waals surface area contributed by atoms with Crippen LogP contribution in [0.5, 0.6) is 0 Å². The molecule has 1 aromatic carbocycles. The number of esters is 1. The summed E-state index contributed by atoms with van der Waals surface area (Å²) in [5.74, 6) is -1.33. The number of pyridine rings is 1. The summed E-state index contributed by atoms with van der Waals surface area (Å²) >= 11 is 1.63. The second-order valence-corrected chi connectivity index (χ2v) is 9.46. The maximum absolute atomic E-state index is 13.2. The molecule has 4 rings (SSSR count). The zero-order valence-corrected chi connectivity index (χ0v) is 20.2. The lowest BCUT2D eigenvalue weighted by molar-refractivity contribution is -0.123. The highest BCUT2D eigenvalue weighted by molar-refractivity contribution is 7.12. The summed E-state index contributed by atoms with van der Waals surface area (Å²) < 4.78 is 10.8. The molecule has 4 aromatic rings. The summed E-state index contributed by atoms with van der Waals surface area (Å²) in [6.07, 6.45) is -1.09. The molecule has 9 heteroatoms. The molecule has 3 aromatic heterocycles. The minimum absolute atomic E-state index is 0.117. The number of fused-ring (bicyclic) bond motifs is 1. The number of hydrogen-bond donors (Lipinski definition) is 1. The molecule has 1 unspecified atom stereocenters. The Morgan fingerprint density at radius 1 is 1.12 bits per heavy atom. The van der Waals surface area contributed by atoms with Gasteiger partial charge in [-0.05, 0) is 58.9 Å². The lowest BCUT2D eigenvalue weighted by atomic mass is 10.1. The zero-order chi connectivity index (χ0) is 24.6. The fourth-order valence-corrected chi connectivity index (χ4v) is 4.55. The number of carbonyl (C=O) groups is 3. The minimum Gasteiger partial charge on any atom is -0.449 e. The van der Waals surface area contributed by atoms with Crippen molar-refractivity contribution in [2.24, 2.45) is 0 Å². The molecule has 3 heterocycles. The number of rotatable bonds is 6. The van der Waals surface area contributed by atoms with Gasteiger partial charge in [0, 0.05) is 26.6 Å². The molecule has 1 amide bonds. The van der Waals surface area contributed by atoms with Gasteiger partial charge in [0.2, 0.25) is 0 Å². The van der Waals surface area contributed by atoms with Crippen molar-refractivity contribution in [3.8, 4) is 11.3 Å². The van der Waals surface area contributed by atoms with Crippen molar-refractivity contribution in [1.82, 2.24) is 10.1 Å². The van der Waals surface area contributed by atoms with Crippen LogP contribution in [0.4, 0.5) is 5.69 Å². The summed E-state index contributed by atoms with van der Waals surface area (Å²) in [4.78, 5) is 44.1. The molecule has 8 nitrogen and oxygen atoms in total. The Kier molecular flexibility index (Phi) is 6.30. The molecule has 0 fully saturated rings. The van der Waals surface area contributed by atoms with Crippen molar-refractivity contribution in [2.75, 3.05) is 5.32 Å². The molecule has 0 bridgehead atoms. The number of aromatic nitrogens is 2. The first-order chi connectivity index (χ1) is 16.1. The molecule has 174 valence electrons. The molecule has 0 radical (unpaired) electrons. The zero-order valence-electron chi connectivity index (χ0n) is 19.4. The second-order valence-electron chi connectivity index (χ2n) is 8.00. The first-order valence-electron chi connectivity index (χ1n) is 10.6. The summed E-state index contributed by atoms with van der Waals surface area (Å²) in [6.45, 7) is 8.62. The van der Waals surface area contributed by atoms with Gasteiger partial charge in [0.15, 0.2) is 11.9 Å².